The molecule has 0 aliphatic carbocycles. The lowest BCUT2D eigenvalue weighted by molar-refractivity contribution is 0.0600. The summed E-state index contributed by atoms with van der Waals surface area (Å²) >= 11 is 1.53. The van der Waals surface area contributed by atoms with Crippen molar-refractivity contribution in [3.63, 3.8) is 0 Å². The third-order valence-corrected chi connectivity index (χ3v) is 5.00. The van der Waals surface area contributed by atoms with Crippen molar-refractivity contribution in [2.45, 2.75) is 12.5 Å². The molecule has 3 aromatic rings. The van der Waals surface area contributed by atoms with E-state index in [-0.39, 0.29) is 5.97 Å². The number of hydrogen-bond donors (Lipinski definition) is 1. The smallest absolute Gasteiger partial charge is 0.337 e. The third-order valence-electron chi connectivity index (χ3n) is 3.92. The van der Waals surface area contributed by atoms with E-state index in [1.54, 1.807) is 12.1 Å². The molecule has 0 radical (unpaired) electrons. The van der Waals surface area contributed by atoms with Gasteiger partial charge in [0.2, 0.25) is 0 Å². The van der Waals surface area contributed by atoms with E-state index in [0.717, 1.165) is 21.8 Å². The minimum absolute atomic E-state index is 0.360. The van der Waals surface area contributed by atoms with Crippen LogP contribution in [-0.2, 0) is 10.3 Å². The standard InChI is InChI=1S/C19H18N2O2S/c1-19(20,15-10-8-14(9-11-15)17(22)23-2)18-21-16(12-24-18)13-6-4-3-5-7-13/h3-12H,20H2,1-2H3. The van der Waals surface area contributed by atoms with Gasteiger partial charge in [-0.05, 0) is 24.6 Å². The van der Waals surface area contributed by atoms with E-state index in [2.05, 4.69) is 0 Å². The molecule has 0 saturated carbocycles. The summed E-state index contributed by atoms with van der Waals surface area (Å²) in [4.78, 5) is 16.2. The number of nitrogens with two attached hydrogens (primary N) is 1. The lowest BCUT2D eigenvalue weighted by Crippen LogP contribution is -2.34. The number of aromatic nitrogens is 1. The van der Waals surface area contributed by atoms with Crippen LogP contribution >= 0.6 is 11.3 Å². The molecule has 0 amide bonds. The summed E-state index contributed by atoms with van der Waals surface area (Å²) in [5, 5.41) is 2.84. The molecular formula is C19H18N2O2S. The van der Waals surface area contributed by atoms with E-state index in [1.807, 2.05) is 54.8 Å². The average Bonchev–Trinajstić information content (AvgIpc) is 3.13. The van der Waals surface area contributed by atoms with Gasteiger partial charge in [0.05, 0.1) is 23.9 Å². The monoisotopic (exact) mass is 338 g/mol. The molecule has 1 heterocycles. The van der Waals surface area contributed by atoms with E-state index in [1.165, 1.54) is 18.4 Å². The lowest BCUT2D eigenvalue weighted by atomic mass is 9.93. The molecule has 1 unspecified atom stereocenters. The number of esters is 1. The number of methoxy groups -OCH3 is 1. The van der Waals surface area contributed by atoms with Gasteiger partial charge in [0.1, 0.15) is 5.01 Å². The molecule has 0 fully saturated rings. The van der Waals surface area contributed by atoms with Crippen LogP contribution in [0.3, 0.4) is 0 Å². The number of thiazole rings is 1. The van der Waals surface area contributed by atoms with Crippen LogP contribution in [0.5, 0.6) is 0 Å². The Morgan fingerprint density at radius 3 is 2.42 bits per heavy atom. The minimum Gasteiger partial charge on any atom is -0.465 e. The summed E-state index contributed by atoms with van der Waals surface area (Å²) in [5.41, 5.74) is 9.19. The van der Waals surface area contributed by atoms with Crippen molar-refractivity contribution in [3.8, 4) is 11.3 Å². The number of rotatable bonds is 4. The topological polar surface area (TPSA) is 65.2 Å². The average molecular weight is 338 g/mol. The second kappa shape index (κ2) is 6.55. The molecule has 1 atom stereocenters. The Hall–Kier alpha value is -2.50. The van der Waals surface area contributed by atoms with Crippen molar-refractivity contribution in [3.05, 3.63) is 76.1 Å². The van der Waals surface area contributed by atoms with Crippen LogP contribution in [0.1, 0.15) is 27.9 Å². The molecule has 0 aliphatic heterocycles. The van der Waals surface area contributed by atoms with Gasteiger partial charge in [0.25, 0.3) is 0 Å². The Labute approximate surface area is 144 Å². The van der Waals surface area contributed by atoms with Crippen LogP contribution in [-0.4, -0.2) is 18.1 Å². The first kappa shape index (κ1) is 16.4. The highest BCUT2D eigenvalue weighted by atomic mass is 32.1. The fraction of sp³-hybridized carbons (Fsp3) is 0.158. The number of hydrogen-bond acceptors (Lipinski definition) is 5. The van der Waals surface area contributed by atoms with Crippen molar-refractivity contribution in [2.75, 3.05) is 7.11 Å². The SMILES string of the molecule is COC(=O)c1ccc(C(C)(N)c2nc(-c3ccccc3)cs2)cc1. The van der Waals surface area contributed by atoms with Gasteiger partial charge >= 0.3 is 5.97 Å². The van der Waals surface area contributed by atoms with Gasteiger partial charge in [-0.3, -0.25) is 0 Å². The van der Waals surface area contributed by atoms with E-state index in [0.29, 0.717) is 5.56 Å². The van der Waals surface area contributed by atoms with E-state index < -0.39 is 5.54 Å². The first-order valence-electron chi connectivity index (χ1n) is 7.51. The number of carbonyl (C=O) groups is 1. The first-order valence-corrected chi connectivity index (χ1v) is 8.39. The Kier molecular flexibility index (Phi) is 4.46. The molecule has 2 aromatic carbocycles. The molecule has 0 saturated heterocycles. The fourth-order valence-corrected chi connectivity index (χ4v) is 3.37. The van der Waals surface area contributed by atoms with Crippen LogP contribution in [0.4, 0.5) is 0 Å². The first-order chi connectivity index (χ1) is 11.5. The van der Waals surface area contributed by atoms with Crippen molar-refractivity contribution >= 4 is 17.3 Å². The second-order valence-electron chi connectivity index (χ2n) is 5.68. The van der Waals surface area contributed by atoms with Gasteiger partial charge in [0.15, 0.2) is 0 Å². The second-order valence-corrected chi connectivity index (χ2v) is 6.53. The molecular weight excluding hydrogens is 320 g/mol. The largest absolute Gasteiger partial charge is 0.465 e. The molecule has 1 aromatic heterocycles. The number of ether oxygens (including phenoxy) is 1. The zero-order valence-corrected chi connectivity index (χ0v) is 14.3. The number of nitrogens with zero attached hydrogens (tertiary/aromatic N) is 1. The predicted octanol–water partition coefficient (Wildman–Crippen LogP) is 3.82. The fourth-order valence-electron chi connectivity index (χ4n) is 2.45. The molecule has 2 N–H and O–H groups in total. The zero-order chi connectivity index (χ0) is 17.2. The van der Waals surface area contributed by atoms with Crippen molar-refractivity contribution in [1.29, 1.82) is 0 Å². The Morgan fingerprint density at radius 1 is 1.12 bits per heavy atom. The summed E-state index contributed by atoms with van der Waals surface area (Å²) < 4.78 is 4.72. The molecule has 3 rings (SSSR count). The summed E-state index contributed by atoms with van der Waals surface area (Å²) in [7, 11) is 1.37. The zero-order valence-electron chi connectivity index (χ0n) is 13.5. The maximum absolute atomic E-state index is 11.5. The number of benzene rings is 2. The maximum Gasteiger partial charge on any atom is 0.337 e. The summed E-state index contributed by atoms with van der Waals surface area (Å²) in [6.45, 7) is 1.92. The Morgan fingerprint density at radius 2 is 1.79 bits per heavy atom. The molecule has 24 heavy (non-hydrogen) atoms. The van der Waals surface area contributed by atoms with Crippen molar-refractivity contribution in [1.82, 2.24) is 4.98 Å². The van der Waals surface area contributed by atoms with Crippen LogP contribution in [0.2, 0.25) is 0 Å². The third kappa shape index (κ3) is 3.09. The number of carbonyl (C=O) groups excluding carboxylic acids is 1. The van der Waals surface area contributed by atoms with Gasteiger partial charge in [-0.2, -0.15) is 0 Å². The lowest BCUT2D eigenvalue weighted by Gasteiger charge is -2.22. The maximum atomic E-state index is 11.5. The molecule has 0 spiro atoms. The van der Waals surface area contributed by atoms with Crippen LogP contribution in [0.15, 0.2) is 60.0 Å². The van der Waals surface area contributed by atoms with Crippen molar-refractivity contribution in [2.24, 2.45) is 5.73 Å². The highest BCUT2D eigenvalue weighted by molar-refractivity contribution is 7.10. The predicted molar refractivity (Wildman–Crippen MR) is 96.0 cm³/mol. The van der Waals surface area contributed by atoms with Gasteiger partial charge < -0.3 is 10.5 Å². The van der Waals surface area contributed by atoms with Gasteiger partial charge in [-0.15, -0.1) is 11.3 Å². The Balaban J connectivity index is 1.90. The van der Waals surface area contributed by atoms with Gasteiger partial charge in [-0.1, -0.05) is 42.5 Å². The van der Waals surface area contributed by atoms with Gasteiger partial charge in [0, 0.05) is 10.9 Å². The molecule has 5 heteroatoms. The normalized spacial score (nSPS) is 13.3. The van der Waals surface area contributed by atoms with E-state index in [9.17, 15) is 4.79 Å². The van der Waals surface area contributed by atoms with Crippen LogP contribution in [0, 0.1) is 0 Å². The van der Waals surface area contributed by atoms with Crippen LogP contribution < -0.4 is 5.73 Å². The highest BCUT2D eigenvalue weighted by Gasteiger charge is 2.27. The highest BCUT2D eigenvalue weighted by Crippen LogP contribution is 2.32. The van der Waals surface area contributed by atoms with E-state index in [4.69, 9.17) is 15.5 Å². The summed E-state index contributed by atoms with van der Waals surface area (Å²) in [6.07, 6.45) is 0. The molecule has 0 bridgehead atoms. The quantitative estimate of drug-likeness (QED) is 0.735. The molecule has 4 nitrogen and oxygen atoms in total. The van der Waals surface area contributed by atoms with Gasteiger partial charge in [-0.25, -0.2) is 9.78 Å². The summed E-state index contributed by atoms with van der Waals surface area (Å²) in [5.74, 6) is -0.360. The Bertz CT molecular complexity index is 839. The van der Waals surface area contributed by atoms with E-state index >= 15 is 0 Å². The molecule has 122 valence electrons. The minimum atomic E-state index is -0.730. The summed E-state index contributed by atoms with van der Waals surface area (Å²) in [6, 6.07) is 17.1. The van der Waals surface area contributed by atoms with Crippen molar-refractivity contribution < 1.29 is 9.53 Å². The van der Waals surface area contributed by atoms with Crippen LogP contribution in [0.25, 0.3) is 11.3 Å². The molecule has 0 aliphatic rings.